The highest BCUT2D eigenvalue weighted by Gasteiger charge is 2.43. The van der Waals surface area contributed by atoms with E-state index < -0.39 is 0 Å². The molecule has 2 heterocycles. The summed E-state index contributed by atoms with van der Waals surface area (Å²) in [5, 5.41) is 6.77. The first-order valence-corrected chi connectivity index (χ1v) is 9.16. The largest absolute Gasteiger partial charge is 0.308 e. The van der Waals surface area contributed by atoms with Crippen molar-refractivity contribution in [1.82, 2.24) is 10.2 Å². The number of thiophene rings is 1. The van der Waals surface area contributed by atoms with E-state index in [4.69, 9.17) is 11.6 Å². The molecule has 1 aliphatic rings. The quantitative estimate of drug-likeness (QED) is 0.784. The molecule has 0 saturated carbocycles. The van der Waals surface area contributed by atoms with Gasteiger partial charge in [0.15, 0.2) is 0 Å². The van der Waals surface area contributed by atoms with Gasteiger partial charge in [0.05, 0.1) is 11.1 Å². The minimum absolute atomic E-state index is 0.195. The lowest BCUT2D eigenvalue weighted by Crippen LogP contribution is -2.55. The average Bonchev–Trinajstić information content (AvgIpc) is 3.11. The number of hydrogen-bond donors (Lipinski definition) is 1. The van der Waals surface area contributed by atoms with Crippen LogP contribution in [0, 0.1) is 0 Å². The van der Waals surface area contributed by atoms with Crippen molar-refractivity contribution in [2.24, 2.45) is 0 Å². The van der Waals surface area contributed by atoms with Gasteiger partial charge < -0.3 is 5.32 Å². The van der Waals surface area contributed by atoms with Gasteiger partial charge in [-0.3, -0.25) is 4.90 Å². The first-order valence-electron chi connectivity index (χ1n) is 7.90. The molecule has 0 bridgehead atoms. The highest BCUT2D eigenvalue weighted by Crippen LogP contribution is 2.43. The molecule has 1 fully saturated rings. The van der Waals surface area contributed by atoms with E-state index in [0.717, 1.165) is 24.4 Å². The molecule has 2 nitrogen and oxygen atoms in total. The van der Waals surface area contributed by atoms with Crippen molar-refractivity contribution in [2.75, 3.05) is 19.6 Å². The summed E-state index contributed by atoms with van der Waals surface area (Å²) >= 11 is 8.24. The van der Waals surface area contributed by atoms with Crippen molar-refractivity contribution in [1.29, 1.82) is 0 Å². The van der Waals surface area contributed by atoms with Crippen molar-refractivity contribution >= 4 is 22.9 Å². The summed E-state index contributed by atoms with van der Waals surface area (Å²) in [6.07, 6.45) is 4.99. The third-order valence-corrected chi connectivity index (χ3v) is 6.24. The van der Waals surface area contributed by atoms with Gasteiger partial charge in [0.1, 0.15) is 0 Å². The van der Waals surface area contributed by atoms with Crippen LogP contribution in [-0.2, 0) is 0 Å². The molecule has 1 aromatic heterocycles. The van der Waals surface area contributed by atoms with Crippen molar-refractivity contribution in [3.05, 3.63) is 21.3 Å². The summed E-state index contributed by atoms with van der Waals surface area (Å²) in [5.41, 5.74) is 0.195. The molecule has 114 valence electrons. The van der Waals surface area contributed by atoms with Gasteiger partial charge in [0.2, 0.25) is 0 Å². The molecule has 1 N–H and O–H groups in total. The Kier molecular flexibility index (Phi) is 5.91. The van der Waals surface area contributed by atoms with E-state index >= 15 is 0 Å². The highest BCUT2D eigenvalue weighted by atomic mass is 35.5. The van der Waals surface area contributed by atoms with Crippen LogP contribution in [0.5, 0.6) is 0 Å². The van der Waals surface area contributed by atoms with Crippen LogP contribution in [0.3, 0.4) is 0 Å². The molecule has 1 aliphatic heterocycles. The molecule has 1 saturated heterocycles. The third-order valence-electron chi connectivity index (χ3n) is 4.81. The molecule has 4 heteroatoms. The maximum absolute atomic E-state index is 6.45. The molecule has 0 aliphatic carbocycles. The Labute approximate surface area is 132 Å². The maximum Gasteiger partial charge on any atom is 0.0616 e. The smallest absolute Gasteiger partial charge is 0.0616 e. The van der Waals surface area contributed by atoms with Crippen molar-refractivity contribution in [2.45, 2.75) is 58.0 Å². The second-order valence-electron chi connectivity index (χ2n) is 5.63. The van der Waals surface area contributed by atoms with Gasteiger partial charge in [-0.2, -0.15) is 0 Å². The fourth-order valence-electron chi connectivity index (χ4n) is 3.69. The number of likely N-dealkylation sites (tertiary alicyclic amines) is 1. The Hall–Kier alpha value is -0.0900. The van der Waals surface area contributed by atoms with Gasteiger partial charge in [0, 0.05) is 10.4 Å². The fourth-order valence-corrected chi connectivity index (χ4v) is 5.04. The van der Waals surface area contributed by atoms with Crippen molar-refractivity contribution in [3.63, 3.8) is 0 Å². The van der Waals surface area contributed by atoms with E-state index in [1.807, 2.05) is 6.07 Å². The number of halogens is 1. The lowest BCUT2D eigenvalue weighted by atomic mass is 9.81. The van der Waals surface area contributed by atoms with Crippen LogP contribution in [-0.4, -0.2) is 30.1 Å². The summed E-state index contributed by atoms with van der Waals surface area (Å²) in [5.74, 6) is 0. The second-order valence-corrected chi connectivity index (χ2v) is 6.98. The maximum atomic E-state index is 6.45. The SMILES string of the molecule is CCNC(c1sccc1Cl)C(CC)(CC)N1CCCC1. The zero-order chi connectivity index (χ0) is 14.6. The summed E-state index contributed by atoms with van der Waals surface area (Å²) in [7, 11) is 0. The standard InChI is InChI=1S/C16H27ClN2S/c1-4-16(5-2,19-10-7-8-11-19)15(18-6-3)14-13(17)9-12-20-14/h9,12,15,18H,4-8,10-11H2,1-3H3. The Balaban J connectivity index is 2.39. The van der Waals surface area contributed by atoms with Gasteiger partial charge in [-0.15, -0.1) is 11.3 Å². The topological polar surface area (TPSA) is 15.3 Å². The lowest BCUT2D eigenvalue weighted by molar-refractivity contribution is 0.0636. The van der Waals surface area contributed by atoms with Crippen LogP contribution in [0.1, 0.15) is 57.4 Å². The van der Waals surface area contributed by atoms with Gasteiger partial charge in [-0.1, -0.05) is 32.4 Å². The summed E-state index contributed by atoms with van der Waals surface area (Å²) in [6.45, 7) is 10.3. The summed E-state index contributed by atoms with van der Waals surface area (Å²) in [6, 6.07) is 2.37. The Morgan fingerprint density at radius 1 is 1.30 bits per heavy atom. The zero-order valence-corrected chi connectivity index (χ0v) is 14.5. The zero-order valence-electron chi connectivity index (χ0n) is 12.9. The molecule has 20 heavy (non-hydrogen) atoms. The van der Waals surface area contributed by atoms with Crippen LogP contribution >= 0.6 is 22.9 Å². The Morgan fingerprint density at radius 3 is 2.40 bits per heavy atom. The number of likely N-dealkylation sites (N-methyl/N-ethyl adjacent to an activating group) is 1. The molecule has 0 aromatic carbocycles. The van der Waals surface area contributed by atoms with Crippen molar-refractivity contribution < 1.29 is 0 Å². The lowest BCUT2D eigenvalue weighted by Gasteiger charge is -2.47. The molecular formula is C16H27ClN2S. The van der Waals surface area contributed by atoms with Crippen LogP contribution in [0.4, 0.5) is 0 Å². The molecule has 0 amide bonds. The van der Waals surface area contributed by atoms with Gasteiger partial charge >= 0.3 is 0 Å². The molecule has 2 rings (SSSR count). The van der Waals surface area contributed by atoms with E-state index in [9.17, 15) is 0 Å². The highest BCUT2D eigenvalue weighted by molar-refractivity contribution is 7.10. The summed E-state index contributed by atoms with van der Waals surface area (Å²) in [4.78, 5) is 4.01. The van der Waals surface area contributed by atoms with Gasteiger partial charge in [-0.05, 0) is 56.8 Å². The number of hydrogen-bond acceptors (Lipinski definition) is 3. The minimum atomic E-state index is 0.195. The Bertz CT molecular complexity index is 408. The minimum Gasteiger partial charge on any atom is -0.308 e. The normalized spacial score (nSPS) is 18.6. The Morgan fingerprint density at radius 2 is 1.95 bits per heavy atom. The predicted molar refractivity (Wildman–Crippen MR) is 89.9 cm³/mol. The van der Waals surface area contributed by atoms with Crippen LogP contribution in [0.2, 0.25) is 5.02 Å². The predicted octanol–water partition coefficient (Wildman–Crippen LogP) is 4.71. The molecular weight excluding hydrogens is 288 g/mol. The van der Waals surface area contributed by atoms with Gasteiger partial charge in [-0.25, -0.2) is 0 Å². The van der Waals surface area contributed by atoms with Crippen molar-refractivity contribution in [3.8, 4) is 0 Å². The first kappa shape index (κ1) is 16.3. The monoisotopic (exact) mass is 314 g/mol. The fraction of sp³-hybridized carbons (Fsp3) is 0.750. The van der Waals surface area contributed by atoms with Crippen LogP contribution in [0.25, 0.3) is 0 Å². The van der Waals surface area contributed by atoms with E-state index in [0.29, 0.717) is 6.04 Å². The average molecular weight is 315 g/mol. The second kappa shape index (κ2) is 7.26. The molecule has 0 spiro atoms. The van der Waals surface area contributed by atoms with Crippen LogP contribution in [0.15, 0.2) is 11.4 Å². The molecule has 1 unspecified atom stereocenters. The van der Waals surface area contributed by atoms with E-state index in [1.54, 1.807) is 11.3 Å². The van der Waals surface area contributed by atoms with Crippen LogP contribution < -0.4 is 5.32 Å². The molecule has 0 radical (unpaired) electrons. The van der Waals surface area contributed by atoms with E-state index in [-0.39, 0.29) is 5.54 Å². The van der Waals surface area contributed by atoms with E-state index in [1.165, 1.54) is 30.8 Å². The molecule has 1 aromatic rings. The van der Waals surface area contributed by atoms with Gasteiger partial charge in [0.25, 0.3) is 0 Å². The molecule has 1 atom stereocenters. The number of rotatable bonds is 7. The number of nitrogens with one attached hydrogen (secondary N) is 1. The first-order chi connectivity index (χ1) is 9.69. The number of nitrogens with zero attached hydrogens (tertiary/aromatic N) is 1. The third kappa shape index (κ3) is 2.92. The summed E-state index contributed by atoms with van der Waals surface area (Å²) < 4.78 is 0. The van der Waals surface area contributed by atoms with E-state index in [2.05, 4.69) is 36.4 Å².